The average molecular weight is 489 g/mol. The highest BCUT2D eigenvalue weighted by Gasteiger charge is 2.18. The Morgan fingerprint density at radius 2 is 1.79 bits per heavy atom. The molecule has 33 heavy (non-hydrogen) atoms. The van der Waals surface area contributed by atoms with Gasteiger partial charge in [0.15, 0.2) is 0 Å². The van der Waals surface area contributed by atoms with Crippen molar-refractivity contribution in [3.8, 4) is 17.2 Å². The number of ether oxygens (including phenoxy) is 1. The Morgan fingerprint density at radius 3 is 2.45 bits per heavy atom. The van der Waals surface area contributed by atoms with Gasteiger partial charge < -0.3 is 14.5 Å². The van der Waals surface area contributed by atoms with E-state index >= 15 is 0 Å². The second kappa shape index (κ2) is 10.3. The number of sulfonamides is 1. The van der Waals surface area contributed by atoms with Crippen molar-refractivity contribution in [2.75, 3.05) is 17.6 Å². The summed E-state index contributed by atoms with van der Waals surface area (Å²) in [6, 6.07) is 13.0. The highest BCUT2D eigenvalue weighted by atomic mass is 32.2. The van der Waals surface area contributed by atoms with Crippen LogP contribution in [0, 0.1) is 0 Å². The SMILES string of the molecule is COc1ccc(S(=O)(=O)Nc2ccc(-c3nnc(SCC(=O)NC4CCCC4)o3)cc2)cc1. The van der Waals surface area contributed by atoms with Crippen molar-refractivity contribution in [2.45, 2.75) is 41.8 Å². The number of nitrogens with zero attached hydrogens (tertiary/aromatic N) is 2. The van der Waals surface area contributed by atoms with Gasteiger partial charge in [0, 0.05) is 17.3 Å². The van der Waals surface area contributed by atoms with Gasteiger partial charge in [0.2, 0.25) is 11.8 Å². The molecule has 0 bridgehead atoms. The monoisotopic (exact) mass is 488 g/mol. The molecule has 3 aromatic rings. The molecule has 1 fully saturated rings. The number of benzene rings is 2. The number of amides is 1. The number of methoxy groups -OCH3 is 1. The van der Waals surface area contributed by atoms with E-state index in [2.05, 4.69) is 20.2 Å². The second-order valence-electron chi connectivity index (χ2n) is 7.57. The lowest BCUT2D eigenvalue weighted by atomic mass is 10.2. The lowest BCUT2D eigenvalue weighted by Gasteiger charge is -2.10. The lowest BCUT2D eigenvalue weighted by molar-refractivity contribution is -0.119. The topological polar surface area (TPSA) is 123 Å². The zero-order chi connectivity index (χ0) is 23.3. The normalized spacial score (nSPS) is 14.2. The molecule has 1 aliphatic rings. The van der Waals surface area contributed by atoms with Crippen LogP contribution in [0.5, 0.6) is 5.75 Å². The molecular formula is C22H24N4O5S2. The average Bonchev–Trinajstić information content (AvgIpc) is 3.50. The number of hydrogen-bond donors (Lipinski definition) is 2. The van der Waals surface area contributed by atoms with E-state index in [-0.39, 0.29) is 22.6 Å². The van der Waals surface area contributed by atoms with E-state index in [0.717, 1.165) is 25.7 Å². The van der Waals surface area contributed by atoms with Gasteiger partial charge in [0.25, 0.3) is 15.2 Å². The standard InChI is InChI=1S/C22H24N4O5S2/c1-30-18-10-12-19(13-11-18)33(28,29)26-17-8-6-15(7-9-17)21-24-25-22(31-21)32-14-20(27)23-16-4-2-3-5-16/h6-13,16,26H,2-5,14H2,1H3,(H,23,27). The predicted molar refractivity (Wildman–Crippen MR) is 125 cm³/mol. The molecule has 2 N–H and O–H groups in total. The smallest absolute Gasteiger partial charge is 0.277 e. The third-order valence-electron chi connectivity index (χ3n) is 5.21. The minimum Gasteiger partial charge on any atom is -0.497 e. The van der Waals surface area contributed by atoms with E-state index in [0.29, 0.717) is 28.1 Å². The first kappa shape index (κ1) is 23.1. The van der Waals surface area contributed by atoms with Crippen LogP contribution in [0.1, 0.15) is 25.7 Å². The first-order valence-electron chi connectivity index (χ1n) is 10.5. The summed E-state index contributed by atoms with van der Waals surface area (Å²) in [4.78, 5) is 12.2. The van der Waals surface area contributed by atoms with Gasteiger partial charge in [-0.25, -0.2) is 8.42 Å². The van der Waals surface area contributed by atoms with Crippen LogP contribution < -0.4 is 14.8 Å². The Kier molecular flexibility index (Phi) is 7.19. The Hall–Kier alpha value is -3.05. The van der Waals surface area contributed by atoms with Crippen molar-refractivity contribution in [2.24, 2.45) is 0 Å². The molecular weight excluding hydrogens is 464 g/mol. The number of anilines is 1. The number of rotatable bonds is 9. The zero-order valence-corrected chi connectivity index (χ0v) is 19.6. The Morgan fingerprint density at radius 1 is 1.09 bits per heavy atom. The Balaban J connectivity index is 1.34. The van der Waals surface area contributed by atoms with Gasteiger partial charge in [-0.2, -0.15) is 0 Å². The van der Waals surface area contributed by atoms with E-state index in [9.17, 15) is 13.2 Å². The van der Waals surface area contributed by atoms with E-state index in [1.807, 2.05) is 0 Å². The minimum atomic E-state index is -3.73. The number of carbonyl (C=O) groups excluding carboxylic acids is 1. The molecule has 1 saturated carbocycles. The van der Waals surface area contributed by atoms with Gasteiger partial charge >= 0.3 is 0 Å². The molecule has 0 spiro atoms. The number of thioether (sulfide) groups is 1. The molecule has 1 amide bonds. The quantitative estimate of drug-likeness (QED) is 0.437. The molecule has 0 saturated heterocycles. The highest BCUT2D eigenvalue weighted by molar-refractivity contribution is 7.99. The summed E-state index contributed by atoms with van der Waals surface area (Å²) in [6.45, 7) is 0. The van der Waals surface area contributed by atoms with Gasteiger partial charge in [0.1, 0.15) is 5.75 Å². The third kappa shape index (κ3) is 6.05. The molecule has 1 aliphatic carbocycles. The fourth-order valence-electron chi connectivity index (χ4n) is 3.50. The number of carbonyl (C=O) groups is 1. The molecule has 1 aromatic heterocycles. The maximum atomic E-state index is 12.6. The first-order valence-corrected chi connectivity index (χ1v) is 12.9. The zero-order valence-electron chi connectivity index (χ0n) is 18.0. The molecule has 0 radical (unpaired) electrons. The largest absolute Gasteiger partial charge is 0.497 e. The number of aromatic nitrogens is 2. The van der Waals surface area contributed by atoms with Gasteiger partial charge in [-0.15, -0.1) is 10.2 Å². The van der Waals surface area contributed by atoms with Crippen LogP contribution in [0.2, 0.25) is 0 Å². The van der Waals surface area contributed by atoms with E-state index in [4.69, 9.17) is 9.15 Å². The molecule has 0 unspecified atom stereocenters. The van der Waals surface area contributed by atoms with Crippen LogP contribution in [0.3, 0.4) is 0 Å². The van der Waals surface area contributed by atoms with Gasteiger partial charge in [-0.05, 0) is 61.4 Å². The fraction of sp³-hybridized carbons (Fsp3) is 0.318. The summed E-state index contributed by atoms with van der Waals surface area (Å²) in [5, 5.41) is 11.3. The van der Waals surface area contributed by atoms with Crippen molar-refractivity contribution < 1.29 is 22.4 Å². The van der Waals surface area contributed by atoms with E-state index in [1.54, 1.807) is 36.4 Å². The third-order valence-corrected chi connectivity index (χ3v) is 7.42. The molecule has 1 heterocycles. The first-order chi connectivity index (χ1) is 15.9. The number of nitrogens with one attached hydrogen (secondary N) is 2. The van der Waals surface area contributed by atoms with Crippen LogP contribution in [0.25, 0.3) is 11.5 Å². The molecule has 4 rings (SSSR count). The molecule has 9 nitrogen and oxygen atoms in total. The van der Waals surface area contributed by atoms with Crippen molar-refractivity contribution in [1.29, 1.82) is 0 Å². The maximum Gasteiger partial charge on any atom is 0.277 e. The van der Waals surface area contributed by atoms with Gasteiger partial charge in [-0.3, -0.25) is 9.52 Å². The van der Waals surface area contributed by atoms with Gasteiger partial charge in [0.05, 0.1) is 17.8 Å². The summed E-state index contributed by atoms with van der Waals surface area (Å²) < 4.78 is 38.4. The molecule has 0 aliphatic heterocycles. The summed E-state index contributed by atoms with van der Waals surface area (Å²) >= 11 is 1.19. The van der Waals surface area contributed by atoms with Crippen LogP contribution in [-0.4, -0.2) is 43.4 Å². The maximum absolute atomic E-state index is 12.6. The van der Waals surface area contributed by atoms with Crippen molar-refractivity contribution in [1.82, 2.24) is 15.5 Å². The highest BCUT2D eigenvalue weighted by Crippen LogP contribution is 2.26. The second-order valence-corrected chi connectivity index (χ2v) is 10.2. The molecule has 2 aromatic carbocycles. The fourth-order valence-corrected chi connectivity index (χ4v) is 5.13. The van der Waals surface area contributed by atoms with Gasteiger partial charge in [-0.1, -0.05) is 24.6 Å². The Bertz CT molecular complexity index is 1190. The van der Waals surface area contributed by atoms with Crippen molar-refractivity contribution in [3.05, 3.63) is 48.5 Å². The molecule has 0 atom stereocenters. The Labute approximate surface area is 196 Å². The summed E-state index contributed by atoms with van der Waals surface area (Å²) in [7, 11) is -2.22. The van der Waals surface area contributed by atoms with Crippen molar-refractivity contribution in [3.63, 3.8) is 0 Å². The summed E-state index contributed by atoms with van der Waals surface area (Å²) in [6.07, 6.45) is 4.39. The lowest BCUT2D eigenvalue weighted by Crippen LogP contribution is -2.33. The van der Waals surface area contributed by atoms with Crippen LogP contribution in [0.4, 0.5) is 5.69 Å². The summed E-state index contributed by atoms with van der Waals surface area (Å²) in [5.41, 5.74) is 1.03. The molecule has 11 heteroatoms. The van der Waals surface area contributed by atoms with Crippen molar-refractivity contribution >= 4 is 33.4 Å². The van der Waals surface area contributed by atoms with Crippen LogP contribution in [0.15, 0.2) is 63.1 Å². The van der Waals surface area contributed by atoms with E-state index < -0.39 is 10.0 Å². The molecule has 174 valence electrons. The number of hydrogen-bond acceptors (Lipinski definition) is 8. The predicted octanol–water partition coefficient (Wildman–Crippen LogP) is 3.70. The minimum absolute atomic E-state index is 0.0415. The van der Waals surface area contributed by atoms with Crippen LogP contribution in [-0.2, 0) is 14.8 Å². The van der Waals surface area contributed by atoms with Crippen LogP contribution >= 0.6 is 11.8 Å². The summed E-state index contributed by atoms with van der Waals surface area (Å²) in [5.74, 6) is 1.03. The van der Waals surface area contributed by atoms with E-state index in [1.165, 1.54) is 31.0 Å².